The number of primary amides is 1. The predicted octanol–water partition coefficient (Wildman–Crippen LogP) is -3.08. The SMILES string of the molecule is NC(=O)CC(N)C(=O)NC(CC(=O)O)C(=O)NC(Cc1c[nH]c2ccccc12)C(=O)NC(CO)C(=O)O. The summed E-state index contributed by atoms with van der Waals surface area (Å²) in [7, 11) is 0. The smallest absolute Gasteiger partial charge is 0.328 e. The van der Waals surface area contributed by atoms with Gasteiger partial charge in [-0.15, -0.1) is 0 Å². The molecule has 0 aliphatic rings. The van der Waals surface area contributed by atoms with Crippen LogP contribution in [-0.2, 0) is 35.2 Å². The number of nitrogens with two attached hydrogens (primary N) is 2. The van der Waals surface area contributed by atoms with Gasteiger partial charge in [0, 0.05) is 23.5 Å². The lowest BCUT2D eigenvalue weighted by Gasteiger charge is -2.24. The predicted molar refractivity (Wildman–Crippen MR) is 127 cm³/mol. The number of aliphatic hydroxyl groups excluding tert-OH is 1. The van der Waals surface area contributed by atoms with Gasteiger partial charge in [-0.2, -0.15) is 0 Å². The summed E-state index contributed by atoms with van der Waals surface area (Å²) in [5, 5.41) is 34.9. The van der Waals surface area contributed by atoms with Gasteiger partial charge in [-0.1, -0.05) is 18.2 Å². The van der Waals surface area contributed by atoms with E-state index in [0.717, 1.165) is 5.52 Å². The Labute approximate surface area is 209 Å². The van der Waals surface area contributed by atoms with Gasteiger partial charge in [0.05, 0.1) is 25.5 Å². The molecule has 0 aliphatic heterocycles. The Morgan fingerprint density at radius 3 is 2.05 bits per heavy atom. The first-order valence-corrected chi connectivity index (χ1v) is 11.0. The van der Waals surface area contributed by atoms with Gasteiger partial charge < -0.3 is 47.7 Å². The van der Waals surface area contributed by atoms with Crippen LogP contribution in [-0.4, -0.2) is 86.6 Å². The number of carboxylic acids is 2. The molecule has 0 bridgehead atoms. The Morgan fingerprint density at radius 2 is 1.46 bits per heavy atom. The average Bonchev–Trinajstić information content (AvgIpc) is 3.23. The number of carbonyl (C=O) groups is 6. The van der Waals surface area contributed by atoms with Crippen molar-refractivity contribution in [2.75, 3.05) is 6.61 Å². The average molecular weight is 520 g/mol. The molecule has 2 rings (SSSR count). The Morgan fingerprint density at radius 1 is 0.865 bits per heavy atom. The summed E-state index contributed by atoms with van der Waals surface area (Å²) in [6.45, 7) is -0.926. The minimum atomic E-state index is -1.70. The fourth-order valence-corrected chi connectivity index (χ4v) is 3.43. The highest BCUT2D eigenvalue weighted by atomic mass is 16.4. The highest BCUT2D eigenvalue weighted by Gasteiger charge is 2.32. The molecule has 1 aromatic carbocycles. The van der Waals surface area contributed by atoms with Crippen LogP contribution < -0.4 is 27.4 Å². The molecule has 2 aromatic rings. The third-order valence-electron chi connectivity index (χ3n) is 5.30. The first kappa shape index (κ1) is 28.7. The first-order chi connectivity index (χ1) is 17.4. The topological polar surface area (TPSA) is 267 Å². The lowest BCUT2D eigenvalue weighted by Crippen LogP contribution is -2.58. The Kier molecular flexibility index (Phi) is 10.1. The van der Waals surface area contributed by atoms with Gasteiger partial charge in [0.15, 0.2) is 0 Å². The Balaban J connectivity index is 2.30. The highest BCUT2D eigenvalue weighted by molar-refractivity contribution is 5.97. The summed E-state index contributed by atoms with van der Waals surface area (Å²) >= 11 is 0. The van der Waals surface area contributed by atoms with Crippen molar-refractivity contribution in [3.05, 3.63) is 36.0 Å². The van der Waals surface area contributed by atoms with E-state index >= 15 is 0 Å². The molecule has 200 valence electrons. The Bertz CT molecular complexity index is 1180. The number of carbonyl (C=O) groups excluding carboxylic acids is 4. The molecular formula is C22H28N6O9. The van der Waals surface area contributed by atoms with E-state index < -0.39 is 79.2 Å². The molecular weight excluding hydrogens is 492 g/mol. The van der Waals surface area contributed by atoms with E-state index in [0.29, 0.717) is 10.9 Å². The number of amides is 4. The zero-order valence-electron chi connectivity index (χ0n) is 19.5. The number of hydrogen-bond donors (Lipinski definition) is 9. The quantitative estimate of drug-likeness (QED) is 0.121. The van der Waals surface area contributed by atoms with Crippen molar-refractivity contribution in [3.63, 3.8) is 0 Å². The van der Waals surface area contributed by atoms with Crippen LogP contribution in [0.4, 0.5) is 0 Å². The van der Waals surface area contributed by atoms with Gasteiger partial charge in [0.2, 0.25) is 23.6 Å². The summed E-state index contributed by atoms with van der Waals surface area (Å²) in [5.41, 5.74) is 11.8. The van der Waals surface area contributed by atoms with Gasteiger partial charge in [-0.05, 0) is 11.6 Å². The van der Waals surface area contributed by atoms with Gasteiger partial charge >= 0.3 is 11.9 Å². The first-order valence-electron chi connectivity index (χ1n) is 11.0. The maximum absolute atomic E-state index is 13.0. The molecule has 0 saturated carbocycles. The summed E-state index contributed by atoms with van der Waals surface area (Å²) in [4.78, 5) is 74.8. The van der Waals surface area contributed by atoms with E-state index in [4.69, 9.17) is 16.6 Å². The van der Waals surface area contributed by atoms with Crippen molar-refractivity contribution in [1.82, 2.24) is 20.9 Å². The second-order valence-electron chi connectivity index (χ2n) is 8.14. The number of hydrogen-bond acceptors (Lipinski definition) is 8. The van der Waals surface area contributed by atoms with Crippen LogP contribution in [0.25, 0.3) is 10.9 Å². The highest BCUT2D eigenvalue weighted by Crippen LogP contribution is 2.19. The zero-order valence-corrected chi connectivity index (χ0v) is 19.5. The van der Waals surface area contributed by atoms with Crippen LogP contribution in [0.1, 0.15) is 18.4 Å². The molecule has 4 amide bonds. The van der Waals surface area contributed by atoms with Gasteiger partial charge in [0.25, 0.3) is 0 Å². The molecule has 0 radical (unpaired) electrons. The lowest BCUT2D eigenvalue weighted by atomic mass is 10.0. The molecule has 11 N–H and O–H groups in total. The van der Waals surface area contributed by atoms with Crippen molar-refractivity contribution in [1.29, 1.82) is 0 Å². The van der Waals surface area contributed by atoms with E-state index in [2.05, 4.69) is 20.9 Å². The van der Waals surface area contributed by atoms with E-state index in [-0.39, 0.29) is 6.42 Å². The van der Waals surface area contributed by atoms with Gasteiger partial charge in [-0.25, -0.2) is 4.79 Å². The van der Waals surface area contributed by atoms with Gasteiger partial charge in [-0.3, -0.25) is 24.0 Å². The molecule has 0 saturated heterocycles. The molecule has 1 aromatic heterocycles. The number of aromatic amines is 1. The zero-order chi connectivity index (χ0) is 27.7. The number of para-hydroxylation sites is 1. The number of rotatable bonds is 14. The number of aliphatic hydroxyl groups is 1. The number of carboxylic acid groups (broad SMARTS) is 2. The minimum absolute atomic E-state index is 0.158. The molecule has 15 nitrogen and oxygen atoms in total. The molecule has 0 spiro atoms. The monoisotopic (exact) mass is 520 g/mol. The number of H-pyrrole nitrogens is 1. The summed E-state index contributed by atoms with van der Waals surface area (Å²) in [6, 6.07) is 0.779. The molecule has 4 unspecified atom stereocenters. The normalized spacial score (nSPS) is 14.1. The van der Waals surface area contributed by atoms with Crippen LogP contribution in [0.2, 0.25) is 0 Å². The van der Waals surface area contributed by atoms with Crippen LogP contribution in [0.3, 0.4) is 0 Å². The van der Waals surface area contributed by atoms with Crippen molar-refractivity contribution >= 4 is 46.5 Å². The number of nitrogens with one attached hydrogen (secondary N) is 4. The fraction of sp³-hybridized carbons (Fsp3) is 0.364. The van der Waals surface area contributed by atoms with Crippen LogP contribution in [0, 0.1) is 0 Å². The molecule has 4 atom stereocenters. The largest absolute Gasteiger partial charge is 0.481 e. The van der Waals surface area contributed by atoms with E-state index in [1.807, 2.05) is 0 Å². The summed E-state index contributed by atoms with van der Waals surface area (Å²) in [6.07, 6.45) is -0.0291. The van der Waals surface area contributed by atoms with Crippen LogP contribution in [0.15, 0.2) is 30.5 Å². The lowest BCUT2D eigenvalue weighted by molar-refractivity contribution is -0.144. The maximum atomic E-state index is 13.0. The van der Waals surface area contributed by atoms with Crippen molar-refractivity contribution < 1.29 is 44.1 Å². The number of fused-ring (bicyclic) bond motifs is 1. The van der Waals surface area contributed by atoms with E-state index in [9.17, 15) is 39.0 Å². The maximum Gasteiger partial charge on any atom is 0.328 e. The van der Waals surface area contributed by atoms with Crippen LogP contribution in [0.5, 0.6) is 0 Å². The van der Waals surface area contributed by atoms with Crippen molar-refractivity contribution in [2.45, 2.75) is 43.4 Å². The minimum Gasteiger partial charge on any atom is -0.481 e. The second-order valence-corrected chi connectivity index (χ2v) is 8.14. The number of aromatic nitrogens is 1. The van der Waals surface area contributed by atoms with Crippen LogP contribution >= 0.6 is 0 Å². The van der Waals surface area contributed by atoms with Crippen molar-refractivity contribution in [2.24, 2.45) is 11.5 Å². The third kappa shape index (κ3) is 8.29. The molecule has 1 heterocycles. The molecule has 0 aliphatic carbocycles. The van der Waals surface area contributed by atoms with E-state index in [1.54, 1.807) is 30.5 Å². The fourth-order valence-electron chi connectivity index (χ4n) is 3.43. The number of benzene rings is 1. The molecule has 15 heteroatoms. The summed E-state index contributed by atoms with van der Waals surface area (Å²) < 4.78 is 0. The van der Waals surface area contributed by atoms with Gasteiger partial charge in [0.1, 0.15) is 18.1 Å². The summed E-state index contributed by atoms with van der Waals surface area (Å²) in [5.74, 6) is -6.97. The number of aliphatic carboxylic acids is 2. The molecule has 37 heavy (non-hydrogen) atoms. The third-order valence-corrected chi connectivity index (χ3v) is 5.30. The van der Waals surface area contributed by atoms with Crippen molar-refractivity contribution in [3.8, 4) is 0 Å². The van der Waals surface area contributed by atoms with E-state index in [1.165, 1.54) is 0 Å². The standard InChI is InChI=1S/C22H28N6O9/c23-12(6-17(24)30)19(33)26-15(7-18(31)32)21(35)27-14(20(34)28-16(9-29)22(36)37)5-10-8-25-13-4-2-1-3-11(10)13/h1-4,8,12,14-16,25,29H,5-7,9,23H2,(H2,24,30)(H,26,33)(H,27,35)(H,28,34)(H,31,32)(H,36,37). The second kappa shape index (κ2) is 13.0. The Hall–Kier alpha value is -4.50. The molecule has 0 fully saturated rings.